The SMILES string of the molecule is Cc1ccc(F)cc1CN1CCC(Cl)CC1. The van der Waals surface area contributed by atoms with Crippen molar-refractivity contribution in [1.29, 1.82) is 0 Å². The third kappa shape index (κ3) is 2.96. The third-order valence-electron chi connectivity index (χ3n) is 3.22. The van der Waals surface area contributed by atoms with Crippen molar-refractivity contribution in [2.45, 2.75) is 31.7 Å². The van der Waals surface area contributed by atoms with Gasteiger partial charge in [-0.25, -0.2) is 4.39 Å². The quantitative estimate of drug-likeness (QED) is 0.718. The largest absolute Gasteiger partial charge is 0.299 e. The van der Waals surface area contributed by atoms with E-state index in [9.17, 15) is 4.39 Å². The van der Waals surface area contributed by atoms with Crippen molar-refractivity contribution >= 4 is 11.6 Å². The number of likely N-dealkylation sites (tertiary alicyclic amines) is 1. The van der Waals surface area contributed by atoms with E-state index in [-0.39, 0.29) is 5.82 Å². The van der Waals surface area contributed by atoms with Gasteiger partial charge in [-0.15, -0.1) is 11.6 Å². The highest BCUT2D eigenvalue weighted by molar-refractivity contribution is 6.20. The maximum Gasteiger partial charge on any atom is 0.123 e. The van der Waals surface area contributed by atoms with Crippen molar-refractivity contribution in [3.05, 3.63) is 35.1 Å². The number of hydrogen-bond acceptors (Lipinski definition) is 1. The number of nitrogens with zero attached hydrogens (tertiary/aromatic N) is 1. The molecule has 0 radical (unpaired) electrons. The number of benzene rings is 1. The average Bonchev–Trinajstić information content (AvgIpc) is 2.27. The Morgan fingerprint density at radius 3 is 2.75 bits per heavy atom. The molecule has 88 valence electrons. The maximum atomic E-state index is 13.1. The minimum Gasteiger partial charge on any atom is -0.299 e. The Hall–Kier alpha value is -0.600. The van der Waals surface area contributed by atoms with Crippen LogP contribution in [0, 0.1) is 12.7 Å². The lowest BCUT2D eigenvalue weighted by molar-refractivity contribution is 0.222. The molecule has 1 nitrogen and oxygen atoms in total. The number of hydrogen-bond donors (Lipinski definition) is 0. The number of alkyl halides is 1. The van der Waals surface area contributed by atoms with Crippen molar-refractivity contribution in [1.82, 2.24) is 4.90 Å². The highest BCUT2D eigenvalue weighted by Crippen LogP contribution is 2.19. The van der Waals surface area contributed by atoms with Gasteiger partial charge in [0.15, 0.2) is 0 Å². The first-order valence-corrected chi connectivity index (χ1v) is 6.20. The van der Waals surface area contributed by atoms with Crippen LogP contribution in [0.4, 0.5) is 4.39 Å². The lowest BCUT2D eigenvalue weighted by atomic mass is 10.1. The van der Waals surface area contributed by atoms with Crippen LogP contribution >= 0.6 is 11.6 Å². The van der Waals surface area contributed by atoms with Crippen molar-refractivity contribution in [2.75, 3.05) is 13.1 Å². The summed E-state index contributed by atoms with van der Waals surface area (Å²) in [7, 11) is 0. The molecule has 1 aromatic carbocycles. The summed E-state index contributed by atoms with van der Waals surface area (Å²) < 4.78 is 13.1. The number of halogens is 2. The molecule has 0 aromatic heterocycles. The van der Waals surface area contributed by atoms with Gasteiger partial charge in [-0.2, -0.15) is 0 Å². The van der Waals surface area contributed by atoms with Gasteiger partial charge in [-0.05, 0) is 56.1 Å². The molecule has 0 spiro atoms. The van der Waals surface area contributed by atoms with Crippen LogP contribution in [0.1, 0.15) is 24.0 Å². The predicted octanol–water partition coefficient (Wildman–Crippen LogP) is 3.34. The van der Waals surface area contributed by atoms with E-state index < -0.39 is 0 Å². The Balaban J connectivity index is 2.00. The molecule has 3 heteroatoms. The molecule has 1 saturated heterocycles. The first-order chi connectivity index (χ1) is 7.65. The first-order valence-electron chi connectivity index (χ1n) is 5.76. The summed E-state index contributed by atoms with van der Waals surface area (Å²) in [4.78, 5) is 2.35. The van der Waals surface area contributed by atoms with Gasteiger partial charge in [-0.1, -0.05) is 6.07 Å². The van der Waals surface area contributed by atoms with E-state index in [4.69, 9.17) is 11.6 Å². The third-order valence-corrected chi connectivity index (χ3v) is 3.66. The minimum atomic E-state index is -0.146. The van der Waals surface area contributed by atoms with E-state index in [1.54, 1.807) is 6.07 Å². The molecular formula is C13H17ClFN. The topological polar surface area (TPSA) is 3.24 Å². The molecule has 0 atom stereocenters. The van der Waals surface area contributed by atoms with E-state index in [2.05, 4.69) is 4.90 Å². The van der Waals surface area contributed by atoms with E-state index in [0.29, 0.717) is 5.38 Å². The molecule has 0 N–H and O–H groups in total. The van der Waals surface area contributed by atoms with Gasteiger partial charge in [0.25, 0.3) is 0 Å². The molecule has 1 aliphatic heterocycles. The highest BCUT2D eigenvalue weighted by Gasteiger charge is 2.17. The molecule has 1 fully saturated rings. The second-order valence-electron chi connectivity index (χ2n) is 4.52. The molecule has 0 amide bonds. The van der Waals surface area contributed by atoms with Gasteiger partial charge in [0.2, 0.25) is 0 Å². The fourth-order valence-corrected chi connectivity index (χ4v) is 2.31. The smallest absolute Gasteiger partial charge is 0.123 e. The Labute approximate surface area is 101 Å². The van der Waals surface area contributed by atoms with Gasteiger partial charge in [0, 0.05) is 11.9 Å². The Morgan fingerprint density at radius 1 is 1.38 bits per heavy atom. The zero-order valence-corrected chi connectivity index (χ0v) is 10.3. The maximum absolute atomic E-state index is 13.1. The predicted molar refractivity (Wildman–Crippen MR) is 65.3 cm³/mol. The zero-order chi connectivity index (χ0) is 11.5. The summed E-state index contributed by atoms with van der Waals surface area (Å²) in [5.41, 5.74) is 2.25. The highest BCUT2D eigenvalue weighted by atomic mass is 35.5. The monoisotopic (exact) mass is 241 g/mol. The number of rotatable bonds is 2. The lowest BCUT2D eigenvalue weighted by Gasteiger charge is -2.29. The van der Waals surface area contributed by atoms with Crippen LogP contribution in [-0.4, -0.2) is 23.4 Å². The van der Waals surface area contributed by atoms with Gasteiger partial charge in [0.1, 0.15) is 5.82 Å². The second-order valence-corrected chi connectivity index (χ2v) is 5.14. The van der Waals surface area contributed by atoms with E-state index in [1.807, 2.05) is 13.0 Å². The summed E-state index contributed by atoms with van der Waals surface area (Å²) in [6.45, 7) is 4.91. The fourth-order valence-electron chi connectivity index (χ4n) is 2.11. The van der Waals surface area contributed by atoms with Crippen LogP contribution in [0.2, 0.25) is 0 Å². The summed E-state index contributed by atoms with van der Waals surface area (Å²) in [5, 5.41) is 0.324. The van der Waals surface area contributed by atoms with E-state index >= 15 is 0 Å². The Morgan fingerprint density at radius 2 is 2.06 bits per heavy atom. The van der Waals surface area contributed by atoms with Crippen LogP contribution in [0.5, 0.6) is 0 Å². The normalized spacial score (nSPS) is 18.9. The Bertz CT molecular complexity index is 359. The molecule has 0 bridgehead atoms. The second kappa shape index (κ2) is 5.15. The summed E-state index contributed by atoms with van der Waals surface area (Å²) in [6, 6.07) is 5.00. The molecule has 1 aliphatic rings. The van der Waals surface area contributed by atoms with Crippen LogP contribution in [0.3, 0.4) is 0 Å². The van der Waals surface area contributed by atoms with Gasteiger partial charge < -0.3 is 0 Å². The molecular weight excluding hydrogens is 225 g/mol. The molecule has 0 aliphatic carbocycles. The average molecular weight is 242 g/mol. The minimum absolute atomic E-state index is 0.146. The van der Waals surface area contributed by atoms with Gasteiger partial charge in [-0.3, -0.25) is 4.90 Å². The molecule has 0 saturated carbocycles. The van der Waals surface area contributed by atoms with Gasteiger partial charge in [0.05, 0.1) is 0 Å². The fraction of sp³-hybridized carbons (Fsp3) is 0.538. The van der Waals surface area contributed by atoms with Crippen molar-refractivity contribution in [3.8, 4) is 0 Å². The zero-order valence-electron chi connectivity index (χ0n) is 9.55. The van der Waals surface area contributed by atoms with Crippen LogP contribution in [0.25, 0.3) is 0 Å². The number of aryl methyl sites for hydroxylation is 1. The van der Waals surface area contributed by atoms with Crippen LogP contribution in [0.15, 0.2) is 18.2 Å². The number of piperidine rings is 1. The van der Waals surface area contributed by atoms with Crippen molar-refractivity contribution in [3.63, 3.8) is 0 Å². The van der Waals surface area contributed by atoms with Crippen LogP contribution < -0.4 is 0 Å². The summed E-state index contributed by atoms with van der Waals surface area (Å²) in [6.07, 6.45) is 2.08. The molecule has 1 heterocycles. The van der Waals surface area contributed by atoms with Crippen molar-refractivity contribution < 1.29 is 4.39 Å². The lowest BCUT2D eigenvalue weighted by Crippen LogP contribution is -2.33. The molecule has 16 heavy (non-hydrogen) atoms. The summed E-state index contributed by atoms with van der Waals surface area (Å²) in [5.74, 6) is -0.146. The van der Waals surface area contributed by atoms with Gasteiger partial charge >= 0.3 is 0 Å². The standard InChI is InChI=1S/C13H17ClFN/c1-10-2-3-13(15)8-11(10)9-16-6-4-12(14)5-7-16/h2-3,8,12H,4-7,9H2,1H3. The van der Waals surface area contributed by atoms with E-state index in [0.717, 1.165) is 43.6 Å². The molecule has 0 unspecified atom stereocenters. The molecule has 2 rings (SSSR count). The Kier molecular flexibility index (Phi) is 3.82. The van der Waals surface area contributed by atoms with Crippen molar-refractivity contribution in [2.24, 2.45) is 0 Å². The first kappa shape index (κ1) is 11.9. The van der Waals surface area contributed by atoms with Crippen LogP contribution in [-0.2, 0) is 6.54 Å². The van der Waals surface area contributed by atoms with E-state index in [1.165, 1.54) is 6.07 Å². The summed E-state index contributed by atoms with van der Waals surface area (Å²) >= 11 is 6.05. The molecule has 1 aromatic rings.